The number of allylic oxidation sites excluding steroid dienone is 1. The fraction of sp³-hybridized carbons (Fsp3) is 0.207. The molecule has 0 fully saturated rings. The summed E-state index contributed by atoms with van der Waals surface area (Å²) in [7, 11) is 0. The molecule has 0 N–H and O–H groups in total. The van der Waals surface area contributed by atoms with Gasteiger partial charge in [-0.2, -0.15) is 0 Å². The lowest BCUT2D eigenvalue weighted by atomic mass is 9.96. The summed E-state index contributed by atoms with van der Waals surface area (Å²) in [5.41, 5.74) is 2.33. The van der Waals surface area contributed by atoms with Crippen LogP contribution in [0.1, 0.15) is 38.1 Å². The second-order valence-corrected chi connectivity index (χ2v) is 11.3. The highest BCUT2D eigenvalue weighted by Crippen LogP contribution is 2.32. The number of hydrogen-bond acceptors (Lipinski definition) is 7. The minimum absolute atomic E-state index is 0.250. The molecule has 2 aromatic carbocycles. The van der Waals surface area contributed by atoms with Crippen LogP contribution in [0.3, 0.4) is 0 Å². The third-order valence-corrected chi connectivity index (χ3v) is 8.02. The maximum atomic E-state index is 13.8. The van der Waals surface area contributed by atoms with Crippen LogP contribution in [-0.4, -0.2) is 22.9 Å². The van der Waals surface area contributed by atoms with E-state index in [1.807, 2.05) is 54.8 Å². The van der Waals surface area contributed by atoms with Crippen molar-refractivity contribution in [2.75, 3.05) is 6.26 Å². The molecular weight excluding hydrogens is 540 g/mol. The number of benzene rings is 2. The number of hydrogen-bond donors (Lipinski definition) is 0. The number of rotatable bonds is 6. The lowest BCUT2D eigenvalue weighted by Gasteiger charge is -2.25. The van der Waals surface area contributed by atoms with Crippen LogP contribution in [0.25, 0.3) is 17.4 Å². The molecule has 9 heteroatoms. The first kappa shape index (κ1) is 26.3. The molecule has 0 spiro atoms. The van der Waals surface area contributed by atoms with E-state index >= 15 is 0 Å². The highest BCUT2D eigenvalue weighted by atomic mass is 35.5. The number of aromatic nitrogens is 1. The third-order valence-electron chi connectivity index (χ3n) is 6.04. The minimum atomic E-state index is -0.656. The average molecular weight is 565 g/mol. The molecule has 1 aliphatic rings. The molecule has 5 rings (SSSR count). The second-order valence-electron chi connectivity index (χ2n) is 9.02. The predicted molar refractivity (Wildman–Crippen MR) is 152 cm³/mol. The van der Waals surface area contributed by atoms with E-state index in [2.05, 4.69) is 4.99 Å². The maximum Gasteiger partial charge on any atom is 0.338 e. The number of halogens is 1. The molecule has 0 amide bonds. The molecular formula is C29H25ClN2O4S2. The van der Waals surface area contributed by atoms with Crippen molar-refractivity contribution in [1.82, 2.24) is 4.57 Å². The summed E-state index contributed by atoms with van der Waals surface area (Å²) >= 11 is 8.89. The minimum Gasteiger partial charge on any atom is -0.459 e. The molecule has 0 aliphatic carbocycles. The topological polar surface area (TPSA) is 73.8 Å². The normalized spacial score (nSPS) is 15.5. The van der Waals surface area contributed by atoms with Gasteiger partial charge in [-0.1, -0.05) is 35.1 Å². The number of nitrogens with zero attached hydrogens (tertiary/aromatic N) is 2. The lowest BCUT2D eigenvalue weighted by Crippen LogP contribution is -2.40. The summed E-state index contributed by atoms with van der Waals surface area (Å²) in [6.45, 7) is 5.38. The molecule has 0 unspecified atom stereocenters. The second kappa shape index (κ2) is 10.8. The first-order chi connectivity index (χ1) is 18.2. The highest BCUT2D eigenvalue weighted by molar-refractivity contribution is 7.98. The Labute approximate surface area is 232 Å². The summed E-state index contributed by atoms with van der Waals surface area (Å²) in [4.78, 5) is 33.2. The molecule has 4 aromatic rings. The number of carbonyl (C=O) groups excluding carboxylic acids is 1. The molecule has 1 atom stereocenters. The molecule has 0 saturated heterocycles. The average Bonchev–Trinajstić information content (AvgIpc) is 3.47. The summed E-state index contributed by atoms with van der Waals surface area (Å²) in [6.07, 6.45) is 3.41. The van der Waals surface area contributed by atoms with E-state index in [1.54, 1.807) is 55.3 Å². The van der Waals surface area contributed by atoms with Gasteiger partial charge in [0, 0.05) is 21.6 Å². The van der Waals surface area contributed by atoms with Gasteiger partial charge in [0.25, 0.3) is 5.56 Å². The van der Waals surface area contributed by atoms with E-state index < -0.39 is 12.0 Å². The van der Waals surface area contributed by atoms with Gasteiger partial charge in [-0.15, -0.1) is 11.8 Å². The molecule has 6 nitrogen and oxygen atoms in total. The highest BCUT2D eigenvalue weighted by Gasteiger charge is 2.33. The van der Waals surface area contributed by atoms with E-state index in [0.717, 1.165) is 16.0 Å². The van der Waals surface area contributed by atoms with E-state index in [4.69, 9.17) is 20.8 Å². The van der Waals surface area contributed by atoms with Gasteiger partial charge < -0.3 is 9.15 Å². The summed E-state index contributed by atoms with van der Waals surface area (Å²) in [5.74, 6) is 0.728. The van der Waals surface area contributed by atoms with Gasteiger partial charge >= 0.3 is 5.97 Å². The van der Waals surface area contributed by atoms with Gasteiger partial charge in [-0.25, -0.2) is 9.79 Å². The van der Waals surface area contributed by atoms with Crippen molar-refractivity contribution < 1.29 is 13.9 Å². The maximum absolute atomic E-state index is 13.8. The van der Waals surface area contributed by atoms with Crippen molar-refractivity contribution in [1.29, 1.82) is 0 Å². The summed E-state index contributed by atoms with van der Waals surface area (Å²) < 4.78 is 13.6. The predicted octanol–water partition coefficient (Wildman–Crippen LogP) is 5.82. The third kappa shape index (κ3) is 5.16. The Balaban J connectivity index is 1.62. The van der Waals surface area contributed by atoms with Crippen molar-refractivity contribution in [2.24, 2.45) is 4.99 Å². The zero-order valence-corrected chi connectivity index (χ0v) is 23.6. The number of ether oxygens (including phenoxy) is 1. The number of thioether (sulfide) groups is 1. The first-order valence-corrected chi connectivity index (χ1v) is 14.4. The quantitative estimate of drug-likeness (QED) is 0.218. The van der Waals surface area contributed by atoms with Gasteiger partial charge in [-0.05, 0) is 81.1 Å². The van der Waals surface area contributed by atoms with E-state index in [0.29, 0.717) is 37.1 Å². The van der Waals surface area contributed by atoms with Crippen molar-refractivity contribution in [3.05, 3.63) is 108 Å². The Kier molecular flexibility index (Phi) is 7.47. The van der Waals surface area contributed by atoms with Gasteiger partial charge in [0.15, 0.2) is 4.80 Å². The summed E-state index contributed by atoms with van der Waals surface area (Å²) in [6, 6.07) is 18.2. The Morgan fingerprint density at radius 3 is 2.50 bits per heavy atom. The van der Waals surface area contributed by atoms with E-state index in [1.165, 1.54) is 11.3 Å². The number of carbonyl (C=O) groups is 1. The zero-order valence-electron chi connectivity index (χ0n) is 21.2. The van der Waals surface area contributed by atoms with Crippen LogP contribution < -0.4 is 14.9 Å². The molecule has 2 aromatic heterocycles. The monoisotopic (exact) mass is 564 g/mol. The fourth-order valence-corrected chi connectivity index (χ4v) is 5.85. The van der Waals surface area contributed by atoms with Crippen LogP contribution in [0, 0.1) is 0 Å². The Hall–Kier alpha value is -3.33. The Morgan fingerprint density at radius 2 is 1.84 bits per heavy atom. The Bertz CT molecular complexity index is 1710. The van der Waals surface area contributed by atoms with Crippen LogP contribution >= 0.6 is 34.7 Å². The van der Waals surface area contributed by atoms with Gasteiger partial charge in [0.1, 0.15) is 11.5 Å². The van der Waals surface area contributed by atoms with Crippen molar-refractivity contribution in [3.8, 4) is 11.3 Å². The Morgan fingerprint density at radius 1 is 1.13 bits per heavy atom. The van der Waals surface area contributed by atoms with Crippen LogP contribution in [0.15, 0.2) is 91.0 Å². The number of furan rings is 1. The van der Waals surface area contributed by atoms with Crippen LogP contribution in [0.4, 0.5) is 0 Å². The smallest absolute Gasteiger partial charge is 0.338 e. The van der Waals surface area contributed by atoms with Crippen molar-refractivity contribution in [2.45, 2.75) is 37.8 Å². The SMILES string of the molecule is CSc1ccc([C@@H]2C(C(=O)OC(C)C)=C(C)N=c3s/c(=C\c4ccc(-c5ccc(Cl)cc5)o4)c(=O)n32)cc1. The molecule has 0 radical (unpaired) electrons. The van der Waals surface area contributed by atoms with Crippen LogP contribution in [-0.2, 0) is 9.53 Å². The van der Waals surface area contributed by atoms with Crippen LogP contribution in [0.5, 0.6) is 0 Å². The molecule has 3 heterocycles. The van der Waals surface area contributed by atoms with Crippen molar-refractivity contribution in [3.63, 3.8) is 0 Å². The number of fused-ring (bicyclic) bond motifs is 1. The summed E-state index contributed by atoms with van der Waals surface area (Å²) in [5, 5.41) is 0.645. The van der Waals surface area contributed by atoms with Crippen LogP contribution in [0.2, 0.25) is 5.02 Å². The molecule has 1 aliphatic heterocycles. The number of esters is 1. The molecule has 0 saturated carbocycles. The van der Waals surface area contributed by atoms with Gasteiger partial charge in [0.05, 0.1) is 27.9 Å². The van der Waals surface area contributed by atoms with Gasteiger partial charge in [-0.3, -0.25) is 9.36 Å². The largest absolute Gasteiger partial charge is 0.459 e. The number of thiazole rings is 1. The molecule has 194 valence electrons. The lowest BCUT2D eigenvalue weighted by molar-refractivity contribution is -0.143. The van der Waals surface area contributed by atoms with E-state index in [9.17, 15) is 9.59 Å². The van der Waals surface area contributed by atoms with E-state index in [-0.39, 0.29) is 11.7 Å². The first-order valence-electron chi connectivity index (χ1n) is 12.0. The fourth-order valence-electron chi connectivity index (χ4n) is 4.29. The van der Waals surface area contributed by atoms with Gasteiger partial charge in [0.2, 0.25) is 0 Å². The van der Waals surface area contributed by atoms with Crippen molar-refractivity contribution >= 4 is 46.7 Å². The molecule has 38 heavy (non-hydrogen) atoms. The standard InChI is InChI=1S/C29H25ClN2O4S2/c1-16(2)35-28(34)25-17(3)31-29-32(26(25)19-7-12-22(37-4)13-8-19)27(33)24(38-29)15-21-11-14-23(36-21)18-5-9-20(30)10-6-18/h5-16,26H,1-4H3/b24-15-/t26-/m1/s1. The molecule has 0 bridgehead atoms. The zero-order chi connectivity index (χ0) is 27.0.